The molecule has 1 fully saturated rings. The molecule has 1 N–H and O–H groups in total. The molecule has 1 aromatic rings. The summed E-state index contributed by atoms with van der Waals surface area (Å²) in [7, 11) is 0. The fourth-order valence-corrected chi connectivity index (χ4v) is 2.45. The normalized spacial score (nSPS) is 17.0. The Hall–Kier alpha value is -0.980. The molecule has 2 heterocycles. The van der Waals surface area contributed by atoms with Gasteiger partial charge in [0.05, 0.1) is 24.5 Å². The predicted octanol–water partition coefficient (Wildman–Crippen LogP) is 0.514. The minimum absolute atomic E-state index is 0.0236. The van der Waals surface area contributed by atoms with Crippen LogP contribution in [0, 0.1) is 6.92 Å². The lowest BCUT2D eigenvalue weighted by Gasteiger charge is -2.26. The Morgan fingerprint density at radius 1 is 1.59 bits per heavy atom. The summed E-state index contributed by atoms with van der Waals surface area (Å²) >= 11 is 1.32. The minimum Gasteiger partial charge on any atom is -0.379 e. The second-order valence-corrected chi connectivity index (χ2v) is 4.65. The largest absolute Gasteiger partial charge is 0.379 e. The van der Waals surface area contributed by atoms with Crippen LogP contribution in [0.5, 0.6) is 0 Å². The highest BCUT2D eigenvalue weighted by molar-refractivity contribution is 7.03. The van der Waals surface area contributed by atoms with Crippen molar-refractivity contribution in [1.29, 1.82) is 0 Å². The third-order valence-electron chi connectivity index (χ3n) is 2.81. The Morgan fingerprint density at radius 2 is 2.35 bits per heavy atom. The van der Waals surface area contributed by atoms with Gasteiger partial charge in [-0.25, -0.2) is 0 Å². The number of morpholine rings is 1. The first-order chi connectivity index (χ1) is 8.27. The fourth-order valence-electron chi connectivity index (χ4n) is 1.76. The maximum atomic E-state index is 11.8. The van der Waals surface area contributed by atoms with Gasteiger partial charge in [-0.3, -0.25) is 9.69 Å². The summed E-state index contributed by atoms with van der Waals surface area (Å²) in [6, 6.07) is 0. The molecule has 94 valence electrons. The molecule has 1 aromatic heterocycles. The van der Waals surface area contributed by atoms with Gasteiger partial charge in [0.15, 0.2) is 0 Å². The highest BCUT2D eigenvalue weighted by Crippen LogP contribution is 2.08. The second-order valence-electron chi connectivity index (χ2n) is 4.02. The third kappa shape index (κ3) is 3.49. The topological polar surface area (TPSA) is 54.5 Å². The van der Waals surface area contributed by atoms with Gasteiger partial charge in [-0.1, -0.05) is 0 Å². The number of aromatic nitrogens is 1. The summed E-state index contributed by atoms with van der Waals surface area (Å²) in [6.07, 6.45) is 0. The van der Waals surface area contributed by atoms with E-state index in [4.69, 9.17) is 4.74 Å². The van der Waals surface area contributed by atoms with Gasteiger partial charge >= 0.3 is 0 Å². The van der Waals surface area contributed by atoms with Crippen molar-refractivity contribution in [2.45, 2.75) is 6.92 Å². The molecule has 0 radical (unpaired) electrons. The molecule has 5 nitrogen and oxygen atoms in total. The summed E-state index contributed by atoms with van der Waals surface area (Å²) in [5.41, 5.74) is 1.50. The summed E-state index contributed by atoms with van der Waals surface area (Å²) in [6.45, 7) is 6.90. The standard InChI is InChI=1S/C11H17N3O2S/c1-9-10(8-17-13-9)11(15)12-2-3-14-4-6-16-7-5-14/h8H,2-7H2,1H3,(H,12,15). The van der Waals surface area contributed by atoms with Gasteiger partial charge in [0.25, 0.3) is 5.91 Å². The Morgan fingerprint density at radius 3 is 3.00 bits per heavy atom. The van der Waals surface area contributed by atoms with Crippen LogP contribution in [0.25, 0.3) is 0 Å². The van der Waals surface area contributed by atoms with Crippen LogP contribution in [-0.4, -0.2) is 54.6 Å². The maximum Gasteiger partial charge on any atom is 0.254 e. The Bertz CT molecular complexity index is 375. The first kappa shape index (κ1) is 12.5. The molecule has 2 rings (SSSR count). The van der Waals surface area contributed by atoms with E-state index in [9.17, 15) is 4.79 Å². The van der Waals surface area contributed by atoms with E-state index in [1.165, 1.54) is 11.5 Å². The second kappa shape index (κ2) is 6.09. The Balaban J connectivity index is 1.71. The van der Waals surface area contributed by atoms with Crippen LogP contribution in [0.2, 0.25) is 0 Å². The van der Waals surface area contributed by atoms with E-state index >= 15 is 0 Å². The molecule has 0 aliphatic carbocycles. The van der Waals surface area contributed by atoms with E-state index in [2.05, 4.69) is 14.6 Å². The molecular weight excluding hydrogens is 238 g/mol. The number of nitrogens with zero attached hydrogens (tertiary/aromatic N) is 2. The van der Waals surface area contributed by atoms with Crippen molar-refractivity contribution in [1.82, 2.24) is 14.6 Å². The third-order valence-corrected chi connectivity index (χ3v) is 3.53. The lowest BCUT2D eigenvalue weighted by atomic mass is 10.2. The zero-order valence-electron chi connectivity index (χ0n) is 9.94. The van der Waals surface area contributed by atoms with E-state index < -0.39 is 0 Å². The van der Waals surface area contributed by atoms with Crippen LogP contribution < -0.4 is 5.32 Å². The van der Waals surface area contributed by atoms with Crippen LogP contribution in [0.1, 0.15) is 16.1 Å². The number of rotatable bonds is 4. The molecule has 0 unspecified atom stereocenters. The van der Waals surface area contributed by atoms with Gasteiger partial charge in [-0.15, -0.1) is 0 Å². The zero-order valence-corrected chi connectivity index (χ0v) is 10.8. The molecular formula is C11H17N3O2S. The Labute approximate surface area is 105 Å². The van der Waals surface area contributed by atoms with Crippen molar-refractivity contribution in [2.24, 2.45) is 0 Å². The van der Waals surface area contributed by atoms with Crippen molar-refractivity contribution in [2.75, 3.05) is 39.4 Å². The smallest absolute Gasteiger partial charge is 0.254 e. The average Bonchev–Trinajstić information content (AvgIpc) is 2.77. The molecule has 1 amide bonds. The lowest BCUT2D eigenvalue weighted by Crippen LogP contribution is -2.41. The monoisotopic (exact) mass is 255 g/mol. The fraction of sp³-hybridized carbons (Fsp3) is 0.636. The van der Waals surface area contributed by atoms with Crippen molar-refractivity contribution >= 4 is 17.4 Å². The quantitative estimate of drug-likeness (QED) is 0.852. The van der Waals surface area contributed by atoms with Gasteiger partial charge in [-0.05, 0) is 18.5 Å². The van der Waals surface area contributed by atoms with E-state index in [1.807, 2.05) is 6.92 Å². The maximum absolute atomic E-state index is 11.8. The van der Waals surface area contributed by atoms with Crippen molar-refractivity contribution in [3.05, 3.63) is 16.6 Å². The number of hydrogen-bond donors (Lipinski definition) is 1. The number of carbonyl (C=O) groups is 1. The number of carbonyl (C=O) groups excluding carboxylic acids is 1. The van der Waals surface area contributed by atoms with Gasteiger partial charge < -0.3 is 10.1 Å². The van der Waals surface area contributed by atoms with E-state index in [-0.39, 0.29) is 5.91 Å². The van der Waals surface area contributed by atoms with Gasteiger partial charge in [-0.2, -0.15) is 4.37 Å². The summed E-state index contributed by atoms with van der Waals surface area (Å²) < 4.78 is 9.36. The van der Waals surface area contributed by atoms with Crippen molar-refractivity contribution < 1.29 is 9.53 Å². The van der Waals surface area contributed by atoms with E-state index in [0.29, 0.717) is 12.1 Å². The van der Waals surface area contributed by atoms with Gasteiger partial charge in [0.2, 0.25) is 0 Å². The molecule has 0 bridgehead atoms. The molecule has 6 heteroatoms. The highest BCUT2D eigenvalue weighted by atomic mass is 32.1. The number of nitrogens with one attached hydrogen (secondary N) is 1. The number of amides is 1. The molecule has 0 saturated carbocycles. The van der Waals surface area contributed by atoms with Gasteiger partial charge in [0.1, 0.15) is 0 Å². The highest BCUT2D eigenvalue weighted by Gasteiger charge is 2.12. The van der Waals surface area contributed by atoms with Crippen LogP contribution in [0.3, 0.4) is 0 Å². The molecule has 17 heavy (non-hydrogen) atoms. The summed E-state index contributed by atoms with van der Waals surface area (Å²) in [4.78, 5) is 14.1. The molecule has 1 aliphatic heterocycles. The first-order valence-electron chi connectivity index (χ1n) is 5.76. The summed E-state index contributed by atoms with van der Waals surface area (Å²) in [5, 5.41) is 4.71. The minimum atomic E-state index is -0.0236. The lowest BCUT2D eigenvalue weighted by molar-refractivity contribution is 0.0383. The molecule has 0 spiro atoms. The predicted molar refractivity (Wildman–Crippen MR) is 66.4 cm³/mol. The van der Waals surface area contributed by atoms with Crippen LogP contribution in [0.4, 0.5) is 0 Å². The SMILES string of the molecule is Cc1nscc1C(=O)NCCN1CCOCC1. The van der Waals surface area contributed by atoms with E-state index in [1.54, 1.807) is 5.38 Å². The zero-order chi connectivity index (χ0) is 12.1. The average molecular weight is 255 g/mol. The van der Waals surface area contributed by atoms with Crippen LogP contribution >= 0.6 is 11.5 Å². The molecule has 1 aliphatic rings. The van der Waals surface area contributed by atoms with Crippen LogP contribution in [0.15, 0.2) is 5.38 Å². The first-order valence-corrected chi connectivity index (χ1v) is 6.60. The molecule has 0 atom stereocenters. The molecule has 1 saturated heterocycles. The Kier molecular flexibility index (Phi) is 4.47. The number of ether oxygens (including phenoxy) is 1. The van der Waals surface area contributed by atoms with Crippen molar-refractivity contribution in [3.8, 4) is 0 Å². The van der Waals surface area contributed by atoms with Gasteiger partial charge in [0, 0.05) is 31.6 Å². The van der Waals surface area contributed by atoms with E-state index in [0.717, 1.165) is 38.5 Å². The molecule has 0 aromatic carbocycles. The summed E-state index contributed by atoms with van der Waals surface area (Å²) in [5.74, 6) is -0.0236. The van der Waals surface area contributed by atoms with Crippen molar-refractivity contribution in [3.63, 3.8) is 0 Å². The van der Waals surface area contributed by atoms with Crippen LogP contribution in [-0.2, 0) is 4.74 Å². The number of hydrogen-bond acceptors (Lipinski definition) is 5. The number of aryl methyl sites for hydroxylation is 1.